The standard InChI is InChI=1S/C16H26BIN3O5S/c1-12(23)5-4-7-15(25)21-13(11-27-17-18)16(26)20-9-8-19-14(24)6-2-3-10-22/h10,13H,2-9,11H2,1H3,(H,19,24)(H,20,26)(H,21,25)/t13-/m0/s1. The van der Waals surface area contributed by atoms with E-state index in [0.717, 1.165) is 6.29 Å². The van der Waals surface area contributed by atoms with Gasteiger partial charge in [-0.1, -0.05) is 0 Å². The number of rotatable bonds is 16. The smallest absolute Gasteiger partial charge is 0.275 e. The molecule has 0 aliphatic heterocycles. The van der Waals surface area contributed by atoms with Crippen LogP contribution in [0.5, 0.6) is 0 Å². The number of unbranched alkanes of at least 4 members (excludes halogenated alkanes) is 1. The Morgan fingerprint density at radius 2 is 1.70 bits per heavy atom. The van der Waals surface area contributed by atoms with Gasteiger partial charge in [-0.2, -0.15) is 11.6 Å². The molecule has 0 bridgehead atoms. The lowest BCUT2D eigenvalue weighted by Gasteiger charge is -2.18. The van der Waals surface area contributed by atoms with Crippen LogP contribution in [0.2, 0.25) is 0 Å². The molecule has 3 amide bonds. The number of Topliss-reactive ketones (excluding diaryl/α,β-unsaturated/α-hetero) is 1. The van der Waals surface area contributed by atoms with Crippen molar-refractivity contribution in [3.63, 3.8) is 0 Å². The second-order valence-electron chi connectivity index (χ2n) is 5.80. The molecule has 0 aromatic rings. The van der Waals surface area contributed by atoms with Gasteiger partial charge in [0.05, 0.1) is 0 Å². The van der Waals surface area contributed by atoms with Gasteiger partial charge in [0.15, 0.2) is 0 Å². The number of hydrogen-bond acceptors (Lipinski definition) is 6. The molecular weight excluding hydrogens is 484 g/mol. The third-order valence-electron chi connectivity index (χ3n) is 3.38. The zero-order valence-electron chi connectivity index (χ0n) is 15.4. The first-order valence-corrected chi connectivity index (χ1v) is 11.0. The van der Waals surface area contributed by atoms with Crippen molar-refractivity contribution >= 4 is 68.2 Å². The van der Waals surface area contributed by atoms with E-state index in [1.165, 1.54) is 18.5 Å². The summed E-state index contributed by atoms with van der Waals surface area (Å²) in [6.45, 7) is 1.99. The highest BCUT2D eigenvalue weighted by Gasteiger charge is 2.20. The van der Waals surface area contributed by atoms with E-state index in [2.05, 4.69) is 38.3 Å². The molecule has 0 fully saturated rings. The lowest BCUT2D eigenvalue weighted by atomic mass is 10.2. The summed E-state index contributed by atoms with van der Waals surface area (Å²) >= 11 is 3.45. The molecule has 0 rings (SSSR count). The van der Waals surface area contributed by atoms with Crippen LogP contribution in [0.4, 0.5) is 0 Å². The largest absolute Gasteiger partial charge is 0.354 e. The number of halogens is 1. The van der Waals surface area contributed by atoms with Gasteiger partial charge >= 0.3 is 0 Å². The van der Waals surface area contributed by atoms with Crippen molar-refractivity contribution in [2.24, 2.45) is 0 Å². The second-order valence-corrected chi connectivity index (χ2v) is 8.17. The first-order chi connectivity index (χ1) is 12.9. The summed E-state index contributed by atoms with van der Waals surface area (Å²) in [7, 11) is 0. The average molecular weight is 510 g/mol. The molecule has 0 aromatic carbocycles. The molecule has 0 aromatic heterocycles. The minimum Gasteiger partial charge on any atom is -0.354 e. The summed E-state index contributed by atoms with van der Waals surface area (Å²) in [5, 5.41) is 8.02. The summed E-state index contributed by atoms with van der Waals surface area (Å²) in [4.78, 5) is 56.8. The molecule has 0 unspecified atom stereocenters. The SMILES string of the molecule is CC(=O)CCCC(=O)N[C@@H](CS[B]I)C(=O)NCCNC(=O)CCCC=O. The van der Waals surface area contributed by atoms with E-state index in [9.17, 15) is 24.0 Å². The van der Waals surface area contributed by atoms with Gasteiger partial charge in [-0.25, -0.2) is 0 Å². The summed E-state index contributed by atoms with van der Waals surface area (Å²) in [6, 6.07) is -0.686. The highest BCUT2D eigenvalue weighted by molar-refractivity contribution is 14.1. The van der Waals surface area contributed by atoms with Crippen molar-refractivity contribution in [3.05, 3.63) is 0 Å². The van der Waals surface area contributed by atoms with Crippen molar-refractivity contribution in [3.8, 4) is 0 Å². The lowest BCUT2D eigenvalue weighted by Crippen LogP contribution is -2.49. The molecule has 11 heteroatoms. The van der Waals surface area contributed by atoms with E-state index < -0.39 is 6.04 Å². The summed E-state index contributed by atoms with van der Waals surface area (Å²) in [5.41, 5.74) is 0. The zero-order chi connectivity index (χ0) is 20.5. The van der Waals surface area contributed by atoms with Crippen molar-refractivity contribution in [1.82, 2.24) is 16.0 Å². The summed E-state index contributed by atoms with van der Waals surface area (Å²) in [6.07, 6.45) is 2.89. The molecule has 0 aliphatic carbocycles. The third-order valence-corrected chi connectivity index (χ3v) is 5.11. The van der Waals surface area contributed by atoms with Gasteiger partial charge in [0.1, 0.15) is 18.1 Å². The number of carbonyl (C=O) groups is 5. The van der Waals surface area contributed by atoms with Crippen LogP contribution in [0, 0.1) is 0 Å². The van der Waals surface area contributed by atoms with Gasteiger partial charge in [-0.05, 0) is 19.8 Å². The first kappa shape index (κ1) is 25.9. The predicted molar refractivity (Wildman–Crippen MR) is 115 cm³/mol. The fourth-order valence-electron chi connectivity index (χ4n) is 2.03. The Bertz CT molecular complexity index is 510. The van der Waals surface area contributed by atoms with Crippen molar-refractivity contribution in [2.75, 3.05) is 18.8 Å². The van der Waals surface area contributed by atoms with Crippen LogP contribution in [0.1, 0.15) is 45.4 Å². The quantitative estimate of drug-likeness (QED) is 0.121. The Kier molecular flexibility index (Phi) is 16.3. The van der Waals surface area contributed by atoms with Gasteiger partial charge < -0.3 is 25.5 Å². The Balaban J connectivity index is 4.20. The Morgan fingerprint density at radius 1 is 1.04 bits per heavy atom. The number of hydrogen-bond donors (Lipinski definition) is 3. The van der Waals surface area contributed by atoms with E-state index in [-0.39, 0.29) is 49.4 Å². The summed E-state index contributed by atoms with van der Waals surface area (Å²) in [5.74, 6) is -0.340. The normalized spacial score (nSPS) is 11.2. The highest BCUT2D eigenvalue weighted by Crippen LogP contribution is 2.05. The number of carbonyl (C=O) groups excluding carboxylic acids is 5. The molecule has 8 nitrogen and oxygen atoms in total. The maximum atomic E-state index is 12.3. The molecule has 0 saturated carbocycles. The lowest BCUT2D eigenvalue weighted by molar-refractivity contribution is -0.128. The van der Waals surface area contributed by atoms with Gasteiger partial charge in [-0.15, -0.1) is 22.4 Å². The maximum Gasteiger partial charge on any atom is 0.275 e. The first-order valence-electron chi connectivity index (χ1n) is 8.71. The highest BCUT2D eigenvalue weighted by atomic mass is 127. The van der Waals surface area contributed by atoms with E-state index in [4.69, 9.17) is 0 Å². The second kappa shape index (κ2) is 17.0. The minimum atomic E-state index is -0.686. The van der Waals surface area contributed by atoms with Gasteiger partial charge in [0.2, 0.25) is 17.7 Å². The van der Waals surface area contributed by atoms with Gasteiger partial charge in [0, 0.05) is 44.5 Å². The molecule has 151 valence electrons. The van der Waals surface area contributed by atoms with Crippen LogP contribution in [0.25, 0.3) is 0 Å². The van der Waals surface area contributed by atoms with Crippen molar-refractivity contribution in [2.45, 2.75) is 51.5 Å². The Labute approximate surface area is 178 Å². The van der Waals surface area contributed by atoms with Crippen LogP contribution in [-0.2, 0) is 24.0 Å². The van der Waals surface area contributed by atoms with Crippen LogP contribution in [0.3, 0.4) is 0 Å². The molecule has 27 heavy (non-hydrogen) atoms. The predicted octanol–water partition coefficient (Wildman–Crippen LogP) is 0.535. The van der Waals surface area contributed by atoms with Gasteiger partial charge in [0.25, 0.3) is 4.41 Å². The Hall–Kier alpha value is -1.11. The van der Waals surface area contributed by atoms with E-state index in [1.807, 2.05) is 0 Å². The number of aldehydes is 1. The maximum absolute atomic E-state index is 12.3. The van der Waals surface area contributed by atoms with Crippen LogP contribution in [-0.4, -0.2) is 59.1 Å². The molecule has 3 N–H and O–H groups in total. The number of amides is 3. The summed E-state index contributed by atoms with van der Waals surface area (Å²) < 4.78 is 1.81. The molecule has 1 radical (unpaired) electrons. The molecule has 0 saturated heterocycles. The topological polar surface area (TPSA) is 121 Å². The van der Waals surface area contributed by atoms with E-state index in [1.54, 1.807) is 4.41 Å². The zero-order valence-corrected chi connectivity index (χ0v) is 18.4. The van der Waals surface area contributed by atoms with E-state index in [0.29, 0.717) is 31.4 Å². The van der Waals surface area contributed by atoms with Crippen LogP contribution >= 0.6 is 34.0 Å². The minimum absolute atomic E-state index is 0.0281. The fourth-order valence-corrected chi connectivity index (χ4v) is 3.15. The van der Waals surface area contributed by atoms with Gasteiger partial charge in [-0.3, -0.25) is 14.4 Å². The van der Waals surface area contributed by atoms with E-state index >= 15 is 0 Å². The molecule has 0 spiro atoms. The van der Waals surface area contributed by atoms with Crippen molar-refractivity contribution < 1.29 is 24.0 Å². The average Bonchev–Trinajstić information content (AvgIpc) is 2.62. The molecule has 1 atom stereocenters. The molecule has 0 aliphatic rings. The van der Waals surface area contributed by atoms with Crippen molar-refractivity contribution in [1.29, 1.82) is 0 Å². The fraction of sp³-hybridized carbons (Fsp3) is 0.688. The molecular formula is C16H26BIN3O5S. The Morgan fingerprint density at radius 3 is 2.33 bits per heavy atom. The van der Waals surface area contributed by atoms with Crippen LogP contribution in [0.15, 0.2) is 0 Å². The number of nitrogens with one attached hydrogen (secondary N) is 3. The monoisotopic (exact) mass is 510 g/mol. The third kappa shape index (κ3) is 15.6. The van der Waals surface area contributed by atoms with Crippen LogP contribution < -0.4 is 16.0 Å². The molecule has 0 heterocycles. The number of ketones is 1.